The second kappa shape index (κ2) is 6.99. The zero-order valence-corrected chi connectivity index (χ0v) is 11.0. The van der Waals surface area contributed by atoms with Crippen LogP contribution < -0.4 is 10.6 Å². The summed E-state index contributed by atoms with van der Waals surface area (Å²) in [6.07, 6.45) is 1.17. The quantitative estimate of drug-likeness (QED) is 0.777. The Balaban J connectivity index is 2.34. The van der Waals surface area contributed by atoms with Crippen LogP contribution in [0.5, 0.6) is 0 Å². The van der Waals surface area contributed by atoms with Crippen LogP contribution in [0.1, 0.15) is 17.5 Å². The van der Waals surface area contributed by atoms with E-state index in [2.05, 4.69) is 51.7 Å². The van der Waals surface area contributed by atoms with Crippen LogP contribution in [-0.2, 0) is 6.54 Å². The van der Waals surface area contributed by atoms with Gasteiger partial charge in [-0.15, -0.1) is 0 Å². The monoisotopic (exact) mass is 270 g/mol. The first-order valence-electron chi connectivity index (χ1n) is 5.35. The Hall–Kier alpha value is -0.380. The van der Waals surface area contributed by atoms with Gasteiger partial charge in [0.25, 0.3) is 0 Å². The number of rotatable bonds is 6. The van der Waals surface area contributed by atoms with E-state index in [9.17, 15) is 0 Å². The van der Waals surface area contributed by atoms with E-state index < -0.39 is 0 Å². The Bertz CT molecular complexity index is 300. The molecule has 0 saturated heterocycles. The van der Waals surface area contributed by atoms with E-state index in [-0.39, 0.29) is 0 Å². The molecule has 0 spiro atoms. The van der Waals surface area contributed by atoms with Crippen LogP contribution in [0.2, 0.25) is 0 Å². The summed E-state index contributed by atoms with van der Waals surface area (Å²) in [6.45, 7) is 5.18. The molecular formula is C12H19BrN2. The molecule has 0 saturated carbocycles. The molecule has 2 N–H and O–H groups in total. The van der Waals surface area contributed by atoms with Gasteiger partial charge in [0, 0.05) is 11.0 Å². The number of aryl methyl sites for hydroxylation is 1. The molecule has 84 valence electrons. The third kappa shape index (κ3) is 4.33. The van der Waals surface area contributed by atoms with E-state index in [1.54, 1.807) is 0 Å². The minimum Gasteiger partial charge on any atom is -0.320 e. The molecule has 0 heterocycles. The number of hydrogen-bond donors (Lipinski definition) is 2. The average molecular weight is 271 g/mol. The third-order valence-corrected chi connectivity index (χ3v) is 3.50. The Kier molecular flexibility index (Phi) is 5.91. The molecular weight excluding hydrogens is 252 g/mol. The number of nitrogens with one attached hydrogen (secondary N) is 2. The molecule has 0 unspecified atom stereocenters. The first kappa shape index (κ1) is 12.7. The van der Waals surface area contributed by atoms with Gasteiger partial charge in [0.1, 0.15) is 0 Å². The summed E-state index contributed by atoms with van der Waals surface area (Å²) in [7, 11) is 1.98. The van der Waals surface area contributed by atoms with E-state index in [1.165, 1.54) is 22.0 Å². The van der Waals surface area contributed by atoms with Crippen LogP contribution in [0.15, 0.2) is 22.7 Å². The van der Waals surface area contributed by atoms with Gasteiger partial charge in [-0.25, -0.2) is 0 Å². The summed E-state index contributed by atoms with van der Waals surface area (Å²) in [5.41, 5.74) is 2.63. The maximum Gasteiger partial charge on any atom is 0.0249 e. The molecule has 0 aliphatic carbocycles. The van der Waals surface area contributed by atoms with Gasteiger partial charge in [-0.3, -0.25) is 0 Å². The van der Waals surface area contributed by atoms with E-state index in [0.29, 0.717) is 0 Å². The summed E-state index contributed by atoms with van der Waals surface area (Å²) < 4.78 is 1.23. The molecule has 1 rings (SSSR count). The second-order valence-corrected chi connectivity index (χ2v) is 4.47. The molecule has 0 atom stereocenters. The van der Waals surface area contributed by atoms with Crippen molar-refractivity contribution in [3.8, 4) is 0 Å². The van der Waals surface area contributed by atoms with Gasteiger partial charge in [0.05, 0.1) is 0 Å². The van der Waals surface area contributed by atoms with Gasteiger partial charge in [-0.05, 0) is 44.6 Å². The highest BCUT2D eigenvalue weighted by atomic mass is 79.9. The second-order valence-electron chi connectivity index (χ2n) is 3.68. The van der Waals surface area contributed by atoms with E-state index in [1.807, 2.05) is 7.05 Å². The summed E-state index contributed by atoms with van der Waals surface area (Å²) in [4.78, 5) is 0. The Morgan fingerprint density at radius 2 is 2.07 bits per heavy atom. The Morgan fingerprint density at radius 1 is 1.27 bits per heavy atom. The third-order valence-electron chi connectivity index (χ3n) is 2.37. The van der Waals surface area contributed by atoms with Gasteiger partial charge in [0.2, 0.25) is 0 Å². The van der Waals surface area contributed by atoms with Gasteiger partial charge in [0.15, 0.2) is 0 Å². The molecule has 0 fully saturated rings. The maximum atomic E-state index is 3.61. The van der Waals surface area contributed by atoms with Crippen molar-refractivity contribution >= 4 is 15.9 Å². The lowest BCUT2D eigenvalue weighted by Gasteiger charge is -2.08. The zero-order valence-electron chi connectivity index (χ0n) is 9.44. The number of benzene rings is 1. The Morgan fingerprint density at radius 3 is 2.80 bits per heavy atom. The number of hydrogen-bond acceptors (Lipinski definition) is 2. The molecule has 1 aromatic carbocycles. The van der Waals surface area contributed by atoms with Crippen molar-refractivity contribution in [3.05, 3.63) is 33.8 Å². The standard InChI is InChI=1S/C12H19BrN2/c1-10-5-3-6-11(12(10)13)9-15-8-4-7-14-2/h3,5-6,14-15H,4,7-9H2,1-2H3. The SMILES string of the molecule is CNCCCNCc1cccc(C)c1Br. The predicted molar refractivity (Wildman–Crippen MR) is 69.1 cm³/mol. The Labute approximate surface area is 101 Å². The molecule has 15 heavy (non-hydrogen) atoms. The van der Waals surface area contributed by atoms with Gasteiger partial charge < -0.3 is 10.6 Å². The van der Waals surface area contributed by atoms with E-state index >= 15 is 0 Å². The van der Waals surface area contributed by atoms with Gasteiger partial charge >= 0.3 is 0 Å². The fraction of sp³-hybridized carbons (Fsp3) is 0.500. The van der Waals surface area contributed by atoms with Crippen LogP contribution in [0.4, 0.5) is 0 Å². The fourth-order valence-corrected chi connectivity index (χ4v) is 1.86. The van der Waals surface area contributed by atoms with Crippen LogP contribution >= 0.6 is 15.9 Å². The van der Waals surface area contributed by atoms with Crippen LogP contribution in [0, 0.1) is 6.92 Å². The smallest absolute Gasteiger partial charge is 0.0249 e. The first-order chi connectivity index (χ1) is 7.25. The maximum absolute atomic E-state index is 3.61. The van der Waals surface area contributed by atoms with Gasteiger partial charge in [-0.1, -0.05) is 34.1 Å². The van der Waals surface area contributed by atoms with Crippen molar-refractivity contribution in [1.82, 2.24) is 10.6 Å². The van der Waals surface area contributed by atoms with Crippen molar-refractivity contribution in [2.45, 2.75) is 19.9 Å². The summed E-state index contributed by atoms with van der Waals surface area (Å²) in [5.74, 6) is 0. The van der Waals surface area contributed by atoms with Crippen molar-refractivity contribution in [1.29, 1.82) is 0 Å². The molecule has 0 aromatic heterocycles. The minimum absolute atomic E-state index is 0.936. The highest BCUT2D eigenvalue weighted by molar-refractivity contribution is 9.10. The predicted octanol–water partition coefficient (Wildman–Crippen LogP) is 2.46. The molecule has 1 aromatic rings. The number of halogens is 1. The molecule has 0 radical (unpaired) electrons. The lowest BCUT2D eigenvalue weighted by molar-refractivity contribution is 0.624. The fourth-order valence-electron chi connectivity index (χ4n) is 1.46. The summed E-state index contributed by atoms with van der Waals surface area (Å²) in [6, 6.07) is 6.38. The minimum atomic E-state index is 0.936. The molecule has 0 aliphatic rings. The van der Waals surface area contributed by atoms with Gasteiger partial charge in [-0.2, -0.15) is 0 Å². The van der Waals surface area contributed by atoms with Crippen LogP contribution in [0.3, 0.4) is 0 Å². The average Bonchev–Trinajstić information content (AvgIpc) is 2.24. The molecule has 0 amide bonds. The van der Waals surface area contributed by atoms with Crippen molar-refractivity contribution in [3.63, 3.8) is 0 Å². The van der Waals surface area contributed by atoms with E-state index in [0.717, 1.165) is 19.6 Å². The summed E-state index contributed by atoms with van der Waals surface area (Å²) >= 11 is 3.61. The normalized spacial score (nSPS) is 10.6. The lowest BCUT2D eigenvalue weighted by Crippen LogP contribution is -2.19. The lowest BCUT2D eigenvalue weighted by atomic mass is 10.1. The largest absolute Gasteiger partial charge is 0.320 e. The van der Waals surface area contributed by atoms with E-state index in [4.69, 9.17) is 0 Å². The highest BCUT2D eigenvalue weighted by Gasteiger charge is 2.00. The van der Waals surface area contributed by atoms with Crippen molar-refractivity contribution in [2.24, 2.45) is 0 Å². The molecule has 0 bridgehead atoms. The summed E-state index contributed by atoms with van der Waals surface area (Å²) in [5, 5.41) is 6.57. The zero-order chi connectivity index (χ0) is 11.1. The molecule has 0 aliphatic heterocycles. The topological polar surface area (TPSA) is 24.1 Å². The van der Waals surface area contributed by atoms with Crippen LogP contribution in [-0.4, -0.2) is 20.1 Å². The van der Waals surface area contributed by atoms with Crippen molar-refractivity contribution < 1.29 is 0 Å². The highest BCUT2D eigenvalue weighted by Crippen LogP contribution is 2.20. The van der Waals surface area contributed by atoms with Crippen molar-refractivity contribution in [2.75, 3.05) is 20.1 Å². The molecule has 3 heteroatoms. The van der Waals surface area contributed by atoms with Crippen LogP contribution in [0.25, 0.3) is 0 Å². The first-order valence-corrected chi connectivity index (χ1v) is 6.14. The molecule has 2 nitrogen and oxygen atoms in total.